The highest BCUT2D eigenvalue weighted by molar-refractivity contribution is 5.94. The van der Waals surface area contributed by atoms with Crippen molar-refractivity contribution >= 4 is 17.8 Å². The maximum Gasteiger partial charge on any atom is 0.253 e. The molecule has 0 spiro atoms. The van der Waals surface area contributed by atoms with Crippen molar-refractivity contribution in [3.8, 4) is 0 Å². The second-order valence-corrected chi connectivity index (χ2v) is 5.23. The molecule has 1 fully saturated rings. The third-order valence-corrected chi connectivity index (χ3v) is 3.64. The Kier molecular flexibility index (Phi) is 4.44. The van der Waals surface area contributed by atoms with E-state index in [2.05, 4.69) is 15.5 Å². The largest absolute Gasteiger partial charge is 0.339 e. The number of pyridine rings is 1. The van der Waals surface area contributed by atoms with Crippen molar-refractivity contribution < 1.29 is 4.79 Å². The Labute approximate surface area is 129 Å². The summed E-state index contributed by atoms with van der Waals surface area (Å²) in [5.74, 6) is 0.115. The molecule has 22 heavy (non-hydrogen) atoms. The molecule has 1 aromatic carbocycles. The van der Waals surface area contributed by atoms with E-state index in [1.807, 2.05) is 41.3 Å². The number of nitrogens with zero attached hydrogens (tertiary/aromatic N) is 3. The molecule has 0 atom stereocenters. The summed E-state index contributed by atoms with van der Waals surface area (Å²) in [6, 6.07) is 11.2. The van der Waals surface area contributed by atoms with Crippen LogP contribution in [0.2, 0.25) is 0 Å². The van der Waals surface area contributed by atoms with E-state index in [1.54, 1.807) is 18.6 Å². The molecule has 1 aliphatic heterocycles. The topological polar surface area (TPSA) is 57.6 Å². The third-order valence-electron chi connectivity index (χ3n) is 3.64. The van der Waals surface area contributed by atoms with Crippen molar-refractivity contribution in [1.82, 2.24) is 9.88 Å². The first-order valence-electron chi connectivity index (χ1n) is 7.41. The predicted molar refractivity (Wildman–Crippen MR) is 87.0 cm³/mol. The van der Waals surface area contributed by atoms with Crippen LogP contribution in [-0.2, 0) is 0 Å². The summed E-state index contributed by atoms with van der Waals surface area (Å²) in [7, 11) is 0. The van der Waals surface area contributed by atoms with Crippen LogP contribution in [0.5, 0.6) is 0 Å². The first-order chi connectivity index (χ1) is 10.8. The Bertz CT molecular complexity index is 646. The average Bonchev–Trinajstić information content (AvgIpc) is 3.10. The number of hydrogen-bond donors (Lipinski definition) is 1. The van der Waals surface area contributed by atoms with Crippen molar-refractivity contribution in [2.24, 2.45) is 5.10 Å². The van der Waals surface area contributed by atoms with E-state index < -0.39 is 0 Å². The Morgan fingerprint density at radius 1 is 1.09 bits per heavy atom. The summed E-state index contributed by atoms with van der Waals surface area (Å²) in [4.78, 5) is 18.1. The Balaban J connectivity index is 1.59. The SMILES string of the molecule is O=C(c1ccc(NN=Cc2ccncc2)cc1)N1CCCC1. The van der Waals surface area contributed by atoms with Crippen LogP contribution in [0.1, 0.15) is 28.8 Å². The smallest absolute Gasteiger partial charge is 0.253 e. The van der Waals surface area contributed by atoms with E-state index in [9.17, 15) is 4.79 Å². The summed E-state index contributed by atoms with van der Waals surface area (Å²) in [6.07, 6.45) is 7.38. The van der Waals surface area contributed by atoms with Gasteiger partial charge in [0.1, 0.15) is 0 Å². The fourth-order valence-electron chi connectivity index (χ4n) is 2.42. The number of carbonyl (C=O) groups excluding carboxylic acids is 1. The minimum atomic E-state index is 0.115. The highest BCUT2D eigenvalue weighted by Gasteiger charge is 2.18. The molecule has 1 N–H and O–H groups in total. The number of aromatic nitrogens is 1. The highest BCUT2D eigenvalue weighted by atomic mass is 16.2. The van der Waals surface area contributed by atoms with Gasteiger partial charge in [-0.1, -0.05) is 0 Å². The number of hydrogen-bond acceptors (Lipinski definition) is 4. The second-order valence-electron chi connectivity index (χ2n) is 5.23. The van der Waals surface area contributed by atoms with Crippen molar-refractivity contribution in [2.45, 2.75) is 12.8 Å². The van der Waals surface area contributed by atoms with Crippen LogP contribution in [0.15, 0.2) is 53.9 Å². The fourth-order valence-corrected chi connectivity index (χ4v) is 2.42. The molecular weight excluding hydrogens is 276 g/mol. The van der Waals surface area contributed by atoms with E-state index in [1.165, 1.54) is 0 Å². The van der Waals surface area contributed by atoms with Crippen molar-refractivity contribution in [1.29, 1.82) is 0 Å². The lowest BCUT2D eigenvalue weighted by molar-refractivity contribution is 0.0793. The molecule has 2 heterocycles. The molecule has 1 aliphatic rings. The molecule has 5 heteroatoms. The number of hydrazone groups is 1. The van der Waals surface area contributed by atoms with Gasteiger partial charge in [0.15, 0.2) is 0 Å². The monoisotopic (exact) mass is 294 g/mol. The molecule has 0 saturated carbocycles. The number of likely N-dealkylation sites (tertiary alicyclic amines) is 1. The maximum absolute atomic E-state index is 12.2. The molecule has 0 radical (unpaired) electrons. The molecule has 0 bridgehead atoms. The first-order valence-corrected chi connectivity index (χ1v) is 7.41. The van der Waals surface area contributed by atoms with Gasteiger partial charge in [-0.25, -0.2) is 0 Å². The van der Waals surface area contributed by atoms with Crippen LogP contribution in [0.25, 0.3) is 0 Å². The Morgan fingerprint density at radius 2 is 1.77 bits per heavy atom. The molecule has 2 aromatic rings. The van der Waals surface area contributed by atoms with Gasteiger partial charge in [-0.05, 0) is 54.8 Å². The molecule has 1 aromatic heterocycles. The van der Waals surface area contributed by atoms with Crippen molar-refractivity contribution in [3.05, 3.63) is 59.9 Å². The molecular formula is C17H18N4O. The molecule has 1 saturated heterocycles. The van der Waals surface area contributed by atoms with Crippen LogP contribution in [0, 0.1) is 0 Å². The normalized spacial score (nSPS) is 14.5. The van der Waals surface area contributed by atoms with Crippen LogP contribution >= 0.6 is 0 Å². The number of carbonyl (C=O) groups is 1. The summed E-state index contributed by atoms with van der Waals surface area (Å²) in [6.45, 7) is 1.74. The molecule has 5 nitrogen and oxygen atoms in total. The van der Waals surface area contributed by atoms with Gasteiger partial charge in [0, 0.05) is 31.0 Å². The zero-order valence-electron chi connectivity index (χ0n) is 12.3. The predicted octanol–water partition coefficient (Wildman–Crippen LogP) is 2.76. The number of anilines is 1. The summed E-state index contributed by atoms with van der Waals surface area (Å²) >= 11 is 0. The van der Waals surface area contributed by atoms with Gasteiger partial charge >= 0.3 is 0 Å². The van der Waals surface area contributed by atoms with Crippen LogP contribution in [-0.4, -0.2) is 35.1 Å². The van der Waals surface area contributed by atoms with Crippen molar-refractivity contribution in [3.63, 3.8) is 0 Å². The molecule has 1 amide bonds. The molecule has 0 unspecified atom stereocenters. The van der Waals surface area contributed by atoms with Gasteiger partial charge in [0.05, 0.1) is 11.9 Å². The van der Waals surface area contributed by atoms with Crippen LogP contribution < -0.4 is 5.43 Å². The zero-order valence-corrected chi connectivity index (χ0v) is 12.3. The van der Waals surface area contributed by atoms with Crippen molar-refractivity contribution in [2.75, 3.05) is 18.5 Å². The third kappa shape index (κ3) is 3.49. The fraction of sp³-hybridized carbons (Fsp3) is 0.235. The average molecular weight is 294 g/mol. The van der Waals surface area contributed by atoms with E-state index >= 15 is 0 Å². The number of nitrogens with one attached hydrogen (secondary N) is 1. The van der Waals surface area contributed by atoms with Crippen LogP contribution in [0.3, 0.4) is 0 Å². The lowest BCUT2D eigenvalue weighted by atomic mass is 10.2. The molecule has 0 aliphatic carbocycles. The summed E-state index contributed by atoms with van der Waals surface area (Å²) in [5.41, 5.74) is 5.51. The van der Waals surface area contributed by atoms with E-state index in [4.69, 9.17) is 0 Å². The molecule has 3 rings (SSSR count). The lowest BCUT2D eigenvalue weighted by Gasteiger charge is -2.15. The number of amides is 1. The Hall–Kier alpha value is -2.69. The van der Waals surface area contributed by atoms with Gasteiger partial charge in [-0.3, -0.25) is 15.2 Å². The van der Waals surface area contributed by atoms with Crippen LogP contribution in [0.4, 0.5) is 5.69 Å². The quantitative estimate of drug-likeness (QED) is 0.697. The minimum Gasteiger partial charge on any atom is -0.339 e. The number of rotatable bonds is 4. The zero-order chi connectivity index (χ0) is 15.2. The minimum absolute atomic E-state index is 0.115. The molecule has 112 valence electrons. The first kappa shape index (κ1) is 14.3. The lowest BCUT2D eigenvalue weighted by Crippen LogP contribution is -2.27. The van der Waals surface area contributed by atoms with Gasteiger partial charge < -0.3 is 4.90 Å². The summed E-state index contributed by atoms with van der Waals surface area (Å²) < 4.78 is 0. The standard InChI is InChI=1S/C17H18N4O/c22-17(21-11-1-2-12-21)15-3-5-16(6-4-15)20-19-13-14-7-9-18-10-8-14/h3-10,13,20H,1-2,11-12H2. The summed E-state index contributed by atoms with van der Waals surface area (Å²) in [5, 5.41) is 4.17. The second kappa shape index (κ2) is 6.85. The highest BCUT2D eigenvalue weighted by Crippen LogP contribution is 2.15. The number of benzene rings is 1. The maximum atomic E-state index is 12.2. The van der Waals surface area contributed by atoms with E-state index in [0.29, 0.717) is 0 Å². The Morgan fingerprint density at radius 3 is 2.45 bits per heavy atom. The van der Waals surface area contributed by atoms with E-state index in [-0.39, 0.29) is 5.91 Å². The van der Waals surface area contributed by atoms with Gasteiger partial charge in [-0.2, -0.15) is 5.10 Å². The van der Waals surface area contributed by atoms with Gasteiger partial charge in [-0.15, -0.1) is 0 Å². The van der Waals surface area contributed by atoms with E-state index in [0.717, 1.165) is 42.7 Å². The van der Waals surface area contributed by atoms with Gasteiger partial charge in [0.2, 0.25) is 0 Å². The van der Waals surface area contributed by atoms with Gasteiger partial charge in [0.25, 0.3) is 5.91 Å².